The highest BCUT2D eigenvalue weighted by Crippen LogP contribution is 2.30. The highest BCUT2D eigenvalue weighted by molar-refractivity contribution is 5.78. The van der Waals surface area contributed by atoms with Gasteiger partial charge >= 0.3 is 0 Å². The Labute approximate surface area is 140 Å². The van der Waals surface area contributed by atoms with Crippen molar-refractivity contribution in [3.05, 3.63) is 36.1 Å². The lowest BCUT2D eigenvalue weighted by Gasteiger charge is -2.36. The van der Waals surface area contributed by atoms with E-state index in [1.54, 1.807) is 18.6 Å². The van der Waals surface area contributed by atoms with Crippen LogP contribution in [0, 0.1) is 12.8 Å². The van der Waals surface area contributed by atoms with Crippen LogP contribution in [-0.4, -0.2) is 51.6 Å². The number of anilines is 1. The van der Waals surface area contributed by atoms with Gasteiger partial charge in [-0.25, -0.2) is 4.98 Å². The SMILES string of the molecule is Cc1cc(CC(=O)N2C[C@H]3CC[C@@H]2CN(c2cnccn2)C3)on1. The van der Waals surface area contributed by atoms with Gasteiger partial charge in [0.15, 0.2) is 0 Å². The molecule has 0 unspecified atom stereocenters. The maximum absolute atomic E-state index is 12.8. The standard InChI is InChI=1S/C17H21N5O2/c1-12-6-15(24-20-12)7-17(23)22-10-13-2-3-14(22)11-21(9-13)16-8-18-4-5-19-16/h4-6,8,13-14H,2-3,7,9-11H2,1H3/t13-,14+/m0/s1. The Bertz CT molecular complexity index is 717. The third kappa shape index (κ3) is 2.98. The summed E-state index contributed by atoms with van der Waals surface area (Å²) in [7, 11) is 0. The summed E-state index contributed by atoms with van der Waals surface area (Å²) in [6.45, 7) is 4.42. The summed E-state index contributed by atoms with van der Waals surface area (Å²) in [5.74, 6) is 2.14. The van der Waals surface area contributed by atoms with E-state index in [0.717, 1.165) is 44.0 Å². The van der Waals surface area contributed by atoms with Gasteiger partial charge in [0.2, 0.25) is 5.91 Å². The van der Waals surface area contributed by atoms with Gasteiger partial charge in [0.05, 0.1) is 18.3 Å². The van der Waals surface area contributed by atoms with Crippen molar-refractivity contribution in [2.75, 3.05) is 24.5 Å². The fourth-order valence-electron chi connectivity index (χ4n) is 3.78. The molecule has 0 saturated carbocycles. The van der Waals surface area contributed by atoms with Crippen LogP contribution in [0.1, 0.15) is 24.3 Å². The zero-order valence-corrected chi connectivity index (χ0v) is 13.8. The summed E-state index contributed by atoms with van der Waals surface area (Å²) in [5.41, 5.74) is 0.809. The molecule has 2 aromatic rings. The minimum Gasteiger partial charge on any atom is -0.361 e. The fraction of sp³-hybridized carbons (Fsp3) is 0.529. The van der Waals surface area contributed by atoms with Crippen LogP contribution in [-0.2, 0) is 11.2 Å². The van der Waals surface area contributed by atoms with Crippen molar-refractivity contribution in [3.63, 3.8) is 0 Å². The molecule has 7 heteroatoms. The first-order valence-electron chi connectivity index (χ1n) is 8.41. The first kappa shape index (κ1) is 15.1. The molecule has 0 spiro atoms. The van der Waals surface area contributed by atoms with E-state index in [9.17, 15) is 4.79 Å². The number of piperidine rings is 1. The number of amides is 1. The van der Waals surface area contributed by atoms with E-state index in [0.29, 0.717) is 11.7 Å². The monoisotopic (exact) mass is 327 g/mol. The molecule has 2 aromatic heterocycles. The van der Waals surface area contributed by atoms with Gasteiger partial charge in [-0.2, -0.15) is 0 Å². The Kier molecular flexibility index (Phi) is 3.92. The van der Waals surface area contributed by atoms with Crippen molar-refractivity contribution >= 4 is 11.7 Å². The number of rotatable bonds is 3. The molecular formula is C17H21N5O2. The second kappa shape index (κ2) is 6.22. The van der Waals surface area contributed by atoms with Crippen molar-refractivity contribution in [1.82, 2.24) is 20.0 Å². The summed E-state index contributed by atoms with van der Waals surface area (Å²) in [6.07, 6.45) is 7.70. The van der Waals surface area contributed by atoms with Crippen LogP contribution in [0.25, 0.3) is 0 Å². The van der Waals surface area contributed by atoms with Gasteiger partial charge < -0.3 is 14.3 Å². The smallest absolute Gasteiger partial charge is 0.230 e. The molecule has 0 aromatic carbocycles. The second-order valence-electron chi connectivity index (χ2n) is 6.72. The lowest BCUT2D eigenvalue weighted by Crippen LogP contribution is -2.48. The molecule has 7 nitrogen and oxygen atoms in total. The lowest BCUT2D eigenvalue weighted by molar-refractivity contribution is -0.134. The number of fused-ring (bicyclic) bond motifs is 4. The van der Waals surface area contributed by atoms with Gasteiger partial charge in [-0.15, -0.1) is 0 Å². The van der Waals surface area contributed by atoms with E-state index in [-0.39, 0.29) is 18.4 Å². The van der Waals surface area contributed by atoms with Gasteiger partial charge in [0, 0.05) is 44.1 Å². The molecule has 3 saturated heterocycles. The molecule has 126 valence electrons. The summed E-state index contributed by atoms with van der Waals surface area (Å²) < 4.78 is 5.20. The molecule has 2 bridgehead atoms. The van der Waals surface area contributed by atoms with E-state index in [4.69, 9.17) is 4.52 Å². The van der Waals surface area contributed by atoms with Gasteiger partial charge in [-0.1, -0.05) is 5.16 Å². The van der Waals surface area contributed by atoms with Gasteiger partial charge in [0.25, 0.3) is 0 Å². The van der Waals surface area contributed by atoms with E-state index in [1.165, 1.54) is 0 Å². The van der Waals surface area contributed by atoms with Crippen molar-refractivity contribution in [1.29, 1.82) is 0 Å². The quantitative estimate of drug-likeness (QED) is 0.849. The summed E-state index contributed by atoms with van der Waals surface area (Å²) >= 11 is 0. The summed E-state index contributed by atoms with van der Waals surface area (Å²) in [5, 5.41) is 3.86. The number of hydrogen-bond acceptors (Lipinski definition) is 6. The average molecular weight is 327 g/mol. The minimum absolute atomic E-state index is 0.127. The van der Waals surface area contributed by atoms with Crippen LogP contribution >= 0.6 is 0 Å². The largest absolute Gasteiger partial charge is 0.361 e. The summed E-state index contributed by atoms with van der Waals surface area (Å²) in [6, 6.07) is 2.06. The highest BCUT2D eigenvalue weighted by atomic mass is 16.5. The maximum Gasteiger partial charge on any atom is 0.230 e. The molecular weight excluding hydrogens is 306 g/mol. The number of aromatic nitrogens is 3. The Hall–Kier alpha value is -2.44. The van der Waals surface area contributed by atoms with Crippen molar-refractivity contribution in [2.24, 2.45) is 5.92 Å². The number of carbonyl (C=O) groups excluding carboxylic acids is 1. The van der Waals surface area contributed by atoms with Crippen molar-refractivity contribution in [3.8, 4) is 0 Å². The van der Waals surface area contributed by atoms with E-state index in [1.807, 2.05) is 17.9 Å². The maximum atomic E-state index is 12.8. The molecule has 3 aliphatic rings. The minimum atomic E-state index is 0.127. The summed E-state index contributed by atoms with van der Waals surface area (Å²) in [4.78, 5) is 25.6. The van der Waals surface area contributed by atoms with Crippen LogP contribution < -0.4 is 4.90 Å². The zero-order chi connectivity index (χ0) is 16.5. The fourth-order valence-corrected chi connectivity index (χ4v) is 3.78. The Balaban J connectivity index is 1.49. The molecule has 3 fully saturated rings. The molecule has 1 amide bonds. The molecule has 0 aliphatic carbocycles. The van der Waals surface area contributed by atoms with Gasteiger partial charge in [0.1, 0.15) is 11.6 Å². The van der Waals surface area contributed by atoms with E-state index >= 15 is 0 Å². The molecule has 2 atom stereocenters. The predicted octanol–water partition coefficient (Wildman–Crippen LogP) is 1.44. The zero-order valence-electron chi connectivity index (χ0n) is 13.8. The molecule has 5 rings (SSSR count). The molecule has 3 aliphatic heterocycles. The number of aryl methyl sites for hydroxylation is 1. The van der Waals surface area contributed by atoms with Crippen LogP contribution in [0.2, 0.25) is 0 Å². The number of carbonyl (C=O) groups is 1. The molecule has 24 heavy (non-hydrogen) atoms. The Morgan fingerprint density at radius 1 is 1.29 bits per heavy atom. The third-order valence-corrected chi connectivity index (χ3v) is 4.91. The van der Waals surface area contributed by atoms with Crippen LogP contribution in [0.3, 0.4) is 0 Å². The Morgan fingerprint density at radius 2 is 2.21 bits per heavy atom. The molecule has 0 radical (unpaired) electrons. The predicted molar refractivity (Wildman–Crippen MR) is 87.4 cm³/mol. The molecule has 5 heterocycles. The second-order valence-corrected chi connectivity index (χ2v) is 6.72. The first-order chi connectivity index (χ1) is 11.7. The normalized spacial score (nSPS) is 23.4. The van der Waals surface area contributed by atoms with E-state index in [2.05, 4.69) is 20.0 Å². The van der Waals surface area contributed by atoms with Gasteiger partial charge in [-0.3, -0.25) is 9.78 Å². The lowest BCUT2D eigenvalue weighted by atomic mass is 9.94. The highest BCUT2D eigenvalue weighted by Gasteiger charge is 2.37. The van der Waals surface area contributed by atoms with E-state index < -0.39 is 0 Å². The van der Waals surface area contributed by atoms with Crippen molar-refractivity contribution in [2.45, 2.75) is 32.2 Å². The van der Waals surface area contributed by atoms with Crippen molar-refractivity contribution < 1.29 is 9.32 Å². The number of hydrogen-bond donors (Lipinski definition) is 0. The number of nitrogens with zero attached hydrogens (tertiary/aromatic N) is 5. The molecule has 0 N–H and O–H groups in total. The van der Waals surface area contributed by atoms with Crippen LogP contribution in [0.5, 0.6) is 0 Å². The van der Waals surface area contributed by atoms with Crippen LogP contribution in [0.4, 0.5) is 5.82 Å². The van der Waals surface area contributed by atoms with Gasteiger partial charge in [-0.05, 0) is 25.7 Å². The first-order valence-corrected chi connectivity index (χ1v) is 8.41. The Morgan fingerprint density at radius 3 is 2.96 bits per heavy atom. The topological polar surface area (TPSA) is 75.4 Å². The third-order valence-electron chi connectivity index (χ3n) is 4.91. The average Bonchev–Trinajstić information content (AvgIpc) is 2.82. The van der Waals surface area contributed by atoms with Crippen LogP contribution in [0.15, 0.2) is 29.2 Å².